The van der Waals surface area contributed by atoms with Gasteiger partial charge in [-0.25, -0.2) is 9.18 Å². The topological polar surface area (TPSA) is 26.3 Å². The number of benzene rings is 3. The number of aryl methyl sites for hydroxylation is 1. The van der Waals surface area contributed by atoms with E-state index in [0.29, 0.717) is 11.3 Å². The molecule has 25 heavy (non-hydrogen) atoms. The molecule has 0 saturated carbocycles. The fourth-order valence-electron chi connectivity index (χ4n) is 2.89. The Morgan fingerprint density at radius 2 is 1.64 bits per heavy atom. The van der Waals surface area contributed by atoms with Crippen LogP contribution in [0.4, 0.5) is 4.39 Å². The fraction of sp³-hybridized carbons (Fsp3) is 0.0455. The predicted molar refractivity (Wildman–Crippen MR) is 97.1 cm³/mol. The van der Waals surface area contributed by atoms with Crippen LogP contribution in [0, 0.1) is 12.7 Å². The number of fused-ring (bicyclic) bond motifs is 1. The summed E-state index contributed by atoms with van der Waals surface area (Å²) >= 11 is 0. The second-order valence-corrected chi connectivity index (χ2v) is 6.11. The Morgan fingerprint density at radius 1 is 0.920 bits per heavy atom. The van der Waals surface area contributed by atoms with Crippen molar-refractivity contribution in [2.24, 2.45) is 0 Å². The van der Waals surface area contributed by atoms with Gasteiger partial charge in [0.2, 0.25) is 0 Å². The van der Waals surface area contributed by atoms with E-state index >= 15 is 0 Å². The van der Waals surface area contributed by atoms with Gasteiger partial charge in [0, 0.05) is 5.56 Å². The van der Waals surface area contributed by atoms with Crippen LogP contribution in [0.3, 0.4) is 0 Å². The molecule has 1 aliphatic heterocycles. The average molecular weight is 330 g/mol. The predicted octanol–water partition coefficient (Wildman–Crippen LogP) is 5.27. The molecule has 0 saturated heterocycles. The van der Waals surface area contributed by atoms with Gasteiger partial charge in [-0.1, -0.05) is 48.0 Å². The Bertz CT molecular complexity index is 1040. The summed E-state index contributed by atoms with van der Waals surface area (Å²) < 4.78 is 18.4. The van der Waals surface area contributed by atoms with E-state index in [1.54, 1.807) is 24.3 Å². The minimum absolute atomic E-state index is 0.307. The molecule has 4 rings (SSSR count). The van der Waals surface area contributed by atoms with Crippen LogP contribution < -0.4 is 0 Å². The van der Waals surface area contributed by atoms with Gasteiger partial charge in [-0.2, -0.15) is 0 Å². The molecular formula is C22H15FO2. The minimum Gasteiger partial charge on any atom is -0.422 e. The largest absolute Gasteiger partial charge is 0.422 e. The lowest BCUT2D eigenvalue weighted by Gasteiger charge is -2.05. The number of esters is 1. The first-order valence-corrected chi connectivity index (χ1v) is 8.00. The molecule has 1 heterocycles. The summed E-state index contributed by atoms with van der Waals surface area (Å²) in [5, 5.41) is 2.24. The van der Waals surface area contributed by atoms with Gasteiger partial charge < -0.3 is 4.74 Å². The van der Waals surface area contributed by atoms with Crippen LogP contribution in [-0.2, 0) is 9.53 Å². The van der Waals surface area contributed by atoms with Gasteiger partial charge in [0.25, 0.3) is 0 Å². The number of hydrogen-bond acceptors (Lipinski definition) is 2. The molecule has 2 nitrogen and oxygen atoms in total. The van der Waals surface area contributed by atoms with Gasteiger partial charge in [-0.05, 0) is 53.6 Å². The van der Waals surface area contributed by atoms with Crippen LogP contribution in [0.15, 0.2) is 72.3 Å². The lowest BCUT2D eigenvalue weighted by molar-refractivity contribution is -0.130. The fourth-order valence-corrected chi connectivity index (χ4v) is 2.89. The van der Waals surface area contributed by atoms with Crippen molar-refractivity contribution in [2.75, 3.05) is 0 Å². The lowest BCUT2D eigenvalue weighted by atomic mass is 10.0. The molecule has 1 aliphatic rings. The second-order valence-electron chi connectivity index (χ2n) is 6.11. The number of carbonyl (C=O) groups excluding carboxylic acids is 1. The molecule has 3 heteroatoms. The van der Waals surface area contributed by atoms with E-state index in [1.165, 1.54) is 17.7 Å². The summed E-state index contributed by atoms with van der Waals surface area (Å²) in [6, 6.07) is 18.2. The SMILES string of the molecule is Cc1ccc2cc(C3=CC(=Cc4ccc(F)cc4)C(=O)O3)ccc2c1. The van der Waals surface area contributed by atoms with Gasteiger partial charge >= 0.3 is 5.97 Å². The number of rotatable bonds is 2. The second kappa shape index (κ2) is 6.02. The number of carbonyl (C=O) groups is 1. The van der Waals surface area contributed by atoms with Crippen molar-refractivity contribution in [1.82, 2.24) is 0 Å². The first-order valence-electron chi connectivity index (χ1n) is 8.00. The van der Waals surface area contributed by atoms with E-state index in [-0.39, 0.29) is 5.82 Å². The summed E-state index contributed by atoms with van der Waals surface area (Å²) in [7, 11) is 0. The first kappa shape index (κ1) is 15.3. The third kappa shape index (κ3) is 3.09. The van der Waals surface area contributed by atoms with E-state index < -0.39 is 5.97 Å². The van der Waals surface area contributed by atoms with Gasteiger partial charge in [-0.15, -0.1) is 0 Å². The van der Waals surface area contributed by atoms with E-state index in [4.69, 9.17) is 4.74 Å². The highest BCUT2D eigenvalue weighted by atomic mass is 19.1. The Balaban J connectivity index is 1.70. The van der Waals surface area contributed by atoms with Crippen molar-refractivity contribution in [3.05, 3.63) is 94.8 Å². The maximum atomic E-state index is 13.0. The van der Waals surface area contributed by atoms with Crippen LogP contribution in [0.25, 0.3) is 22.6 Å². The van der Waals surface area contributed by atoms with Crippen LogP contribution in [0.2, 0.25) is 0 Å². The van der Waals surface area contributed by atoms with Crippen LogP contribution >= 0.6 is 0 Å². The van der Waals surface area contributed by atoms with E-state index in [9.17, 15) is 9.18 Å². The first-order chi connectivity index (χ1) is 12.1. The molecule has 0 N–H and O–H groups in total. The zero-order valence-corrected chi connectivity index (χ0v) is 13.6. The lowest BCUT2D eigenvalue weighted by Crippen LogP contribution is -1.97. The zero-order chi connectivity index (χ0) is 17.4. The highest BCUT2D eigenvalue weighted by Gasteiger charge is 2.22. The molecule has 3 aromatic rings. The molecule has 0 atom stereocenters. The van der Waals surface area contributed by atoms with Crippen molar-refractivity contribution in [2.45, 2.75) is 6.92 Å². The molecule has 0 amide bonds. The van der Waals surface area contributed by atoms with Gasteiger partial charge in [-0.3, -0.25) is 0 Å². The van der Waals surface area contributed by atoms with Crippen LogP contribution in [0.1, 0.15) is 16.7 Å². The Kier molecular flexibility index (Phi) is 3.69. The molecule has 0 aliphatic carbocycles. The number of ether oxygens (including phenoxy) is 1. The summed E-state index contributed by atoms with van der Waals surface area (Å²) in [5.41, 5.74) is 3.26. The smallest absolute Gasteiger partial charge is 0.343 e. The van der Waals surface area contributed by atoms with Crippen LogP contribution in [-0.4, -0.2) is 5.97 Å². The van der Waals surface area contributed by atoms with Crippen molar-refractivity contribution >= 4 is 28.6 Å². The molecule has 0 aromatic heterocycles. The maximum Gasteiger partial charge on any atom is 0.343 e. The molecule has 0 spiro atoms. The van der Waals surface area contributed by atoms with Crippen molar-refractivity contribution < 1.29 is 13.9 Å². The van der Waals surface area contributed by atoms with E-state index in [1.807, 2.05) is 18.2 Å². The maximum absolute atomic E-state index is 13.0. The molecule has 0 bridgehead atoms. The third-order valence-corrected chi connectivity index (χ3v) is 4.20. The standard InChI is InChI=1S/C22H15FO2/c1-14-2-5-17-12-18(7-6-16(17)10-14)21-13-19(22(24)25-21)11-15-3-8-20(23)9-4-15/h2-13H,1H3. The average Bonchev–Trinajstić information content (AvgIpc) is 2.97. The van der Waals surface area contributed by atoms with Crippen LogP contribution in [0.5, 0.6) is 0 Å². The van der Waals surface area contributed by atoms with Gasteiger partial charge in [0.15, 0.2) is 0 Å². The van der Waals surface area contributed by atoms with Gasteiger partial charge in [0.05, 0.1) is 5.57 Å². The molecule has 0 fully saturated rings. The van der Waals surface area contributed by atoms with E-state index in [0.717, 1.165) is 21.9 Å². The monoisotopic (exact) mass is 330 g/mol. The molecule has 122 valence electrons. The van der Waals surface area contributed by atoms with Gasteiger partial charge in [0.1, 0.15) is 11.6 Å². The Hall–Kier alpha value is -3.20. The Morgan fingerprint density at radius 3 is 2.44 bits per heavy atom. The zero-order valence-electron chi connectivity index (χ0n) is 13.6. The third-order valence-electron chi connectivity index (χ3n) is 4.20. The summed E-state index contributed by atoms with van der Waals surface area (Å²) in [4.78, 5) is 12.1. The van der Waals surface area contributed by atoms with Crippen molar-refractivity contribution in [3.63, 3.8) is 0 Å². The highest BCUT2D eigenvalue weighted by molar-refractivity contribution is 6.05. The Labute approximate surface area is 144 Å². The molecular weight excluding hydrogens is 315 g/mol. The highest BCUT2D eigenvalue weighted by Crippen LogP contribution is 2.29. The summed E-state index contributed by atoms with van der Waals surface area (Å²) in [5.74, 6) is -0.178. The molecule has 0 unspecified atom stereocenters. The van der Waals surface area contributed by atoms with Crippen molar-refractivity contribution in [3.8, 4) is 0 Å². The van der Waals surface area contributed by atoms with Crippen molar-refractivity contribution in [1.29, 1.82) is 0 Å². The molecule has 0 radical (unpaired) electrons. The normalized spacial score (nSPS) is 15.5. The number of halogens is 1. The number of cyclic esters (lactones) is 1. The molecule has 3 aromatic carbocycles. The van der Waals surface area contributed by atoms with E-state index in [2.05, 4.69) is 25.1 Å². The quantitative estimate of drug-likeness (QED) is 0.473. The summed E-state index contributed by atoms with van der Waals surface area (Å²) in [6.45, 7) is 2.06. The minimum atomic E-state index is -0.400. The number of hydrogen-bond donors (Lipinski definition) is 0. The summed E-state index contributed by atoms with van der Waals surface area (Å²) in [6.07, 6.45) is 3.42.